The number of benzene rings is 2. The first kappa shape index (κ1) is 19.9. The quantitative estimate of drug-likeness (QED) is 0.700. The van der Waals surface area contributed by atoms with Gasteiger partial charge in [0, 0.05) is 26.2 Å². The molecule has 2 aromatic rings. The van der Waals surface area contributed by atoms with Crippen LogP contribution in [0.1, 0.15) is 13.3 Å². The second kappa shape index (κ2) is 9.88. The molecule has 150 valence electrons. The number of hydrogen-bond acceptors (Lipinski definition) is 5. The third kappa shape index (κ3) is 5.09. The van der Waals surface area contributed by atoms with Gasteiger partial charge in [0.2, 0.25) is 5.91 Å². The Morgan fingerprint density at radius 2 is 1.61 bits per heavy atom. The number of ether oxygens (including phenoxy) is 3. The zero-order valence-electron chi connectivity index (χ0n) is 16.6. The van der Waals surface area contributed by atoms with Crippen molar-refractivity contribution in [2.45, 2.75) is 13.3 Å². The van der Waals surface area contributed by atoms with E-state index >= 15 is 0 Å². The average molecular weight is 384 g/mol. The standard InChI is InChI=1S/C22H28N2O4/c1-3-27-21-7-5-4-6-20(21)23-13-15-24(16-14-23)22(25)12-17-28-19-10-8-18(26-2)9-11-19/h4-11H,3,12-17H2,1-2H3. The summed E-state index contributed by atoms with van der Waals surface area (Å²) < 4.78 is 16.5. The van der Waals surface area contributed by atoms with E-state index < -0.39 is 0 Å². The Morgan fingerprint density at radius 3 is 2.29 bits per heavy atom. The van der Waals surface area contributed by atoms with E-state index in [4.69, 9.17) is 14.2 Å². The number of anilines is 1. The SMILES string of the molecule is CCOc1ccccc1N1CCN(C(=O)CCOc2ccc(OC)cc2)CC1. The third-order valence-electron chi connectivity index (χ3n) is 4.78. The van der Waals surface area contributed by atoms with E-state index in [1.165, 1.54) is 0 Å². The van der Waals surface area contributed by atoms with E-state index in [9.17, 15) is 4.79 Å². The van der Waals surface area contributed by atoms with Gasteiger partial charge in [-0.15, -0.1) is 0 Å². The first-order valence-corrected chi connectivity index (χ1v) is 9.72. The molecule has 0 bridgehead atoms. The number of rotatable bonds is 8. The van der Waals surface area contributed by atoms with Gasteiger partial charge in [-0.25, -0.2) is 0 Å². The summed E-state index contributed by atoms with van der Waals surface area (Å²) in [5, 5.41) is 0. The molecule has 0 aliphatic carbocycles. The van der Waals surface area contributed by atoms with Crippen LogP contribution in [0.25, 0.3) is 0 Å². The number of nitrogens with zero attached hydrogens (tertiary/aromatic N) is 2. The first-order valence-electron chi connectivity index (χ1n) is 9.72. The van der Waals surface area contributed by atoms with Crippen LogP contribution < -0.4 is 19.1 Å². The lowest BCUT2D eigenvalue weighted by Gasteiger charge is -2.36. The molecule has 0 radical (unpaired) electrons. The van der Waals surface area contributed by atoms with Crippen LogP contribution in [0.4, 0.5) is 5.69 Å². The van der Waals surface area contributed by atoms with Crippen molar-refractivity contribution in [1.29, 1.82) is 0 Å². The van der Waals surface area contributed by atoms with Gasteiger partial charge in [-0.1, -0.05) is 12.1 Å². The fourth-order valence-corrected chi connectivity index (χ4v) is 3.28. The van der Waals surface area contributed by atoms with E-state index in [1.54, 1.807) is 7.11 Å². The van der Waals surface area contributed by atoms with Crippen molar-refractivity contribution in [3.63, 3.8) is 0 Å². The molecule has 2 aromatic carbocycles. The Hall–Kier alpha value is -2.89. The van der Waals surface area contributed by atoms with Gasteiger partial charge in [0.1, 0.15) is 17.2 Å². The van der Waals surface area contributed by atoms with Gasteiger partial charge in [0.25, 0.3) is 0 Å². The van der Waals surface area contributed by atoms with Crippen LogP contribution in [0.5, 0.6) is 17.2 Å². The summed E-state index contributed by atoms with van der Waals surface area (Å²) in [6, 6.07) is 15.4. The zero-order chi connectivity index (χ0) is 19.8. The molecule has 1 aliphatic rings. The summed E-state index contributed by atoms with van der Waals surface area (Å²) in [4.78, 5) is 16.7. The zero-order valence-corrected chi connectivity index (χ0v) is 16.6. The largest absolute Gasteiger partial charge is 0.497 e. The summed E-state index contributed by atoms with van der Waals surface area (Å²) >= 11 is 0. The normalized spacial score (nSPS) is 13.9. The van der Waals surface area contributed by atoms with Gasteiger partial charge in [-0.2, -0.15) is 0 Å². The molecular formula is C22H28N2O4. The fraction of sp³-hybridized carbons (Fsp3) is 0.409. The van der Waals surface area contributed by atoms with Gasteiger partial charge in [-0.3, -0.25) is 4.79 Å². The van der Waals surface area contributed by atoms with Gasteiger partial charge in [0.05, 0.1) is 32.4 Å². The number of amides is 1. The Morgan fingerprint density at radius 1 is 0.929 bits per heavy atom. The molecule has 1 saturated heterocycles. The first-order chi connectivity index (χ1) is 13.7. The maximum Gasteiger partial charge on any atom is 0.226 e. The van der Waals surface area contributed by atoms with Crippen LogP contribution >= 0.6 is 0 Å². The molecule has 1 aliphatic heterocycles. The van der Waals surface area contributed by atoms with Crippen molar-refractivity contribution in [3.8, 4) is 17.2 Å². The smallest absolute Gasteiger partial charge is 0.226 e. The minimum absolute atomic E-state index is 0.131. The van der Waals surface area contributed by atoms with Crippen molar-refractivity contribution in [2.24, 2.45) is 0 Å². The lowest BCUT2D eigenvalue weighted by molar-refractivity contribution is -0.132. The van der Waals surface area contributed by atoms with Crippen LogP contribution in [0.2, 0.25) is 0 Å². The summed E-state index contributed by atoms with van der Waals surface area (Å²) in [6.07, 6.45) is 0.377. The average Bonchev–Trinajstić information content (AvgIpc) is 2.75. The maximum atomic E-state index is 12.5. The van der Waals surface area contributed by atoms with Crippen molar-refractivity contribution in [1.82, 2.24) is 4.90 Å². The maximum absolute atomic E-state index is 12.5. The molecule has 3 rings (SSSR count). The van der Waals surface area contributed by atoms with E-state index in [-0.39, 0.29) is 5.91 Å². The van der Waals surface area contributed by atoms with E-state index in [0.29, 0.717) is 32.7 Å². The molecule has 0 atom stereocenters. The second-order valence-corrected chi connectivity index (χ2v) is 6.54. The number of carbonyl (C=O) groups excluding carboxylic acids is 1. The minimum Gasteiger partial charge on any atom is -0.497 e. The summed E-state index contributed by atoms with van der Waals surface area (Å²) in [6.45, 7) is 6.03. The minimum atomic E-state index is 0.131. The van der Waals surface area contributed by atoms with Gasteiger partial charge < -0.3 is 24.0 Å². The van der Waals surface area contributed by atoms with Crippen molar-refractivity contribution in [3.05, 3.63) is 48.5 Å². The molecule has 6 nitrogen and oxygen atoms in total. The number of methoxy groups -OCH3 is 1. The van der Waals surface area contributed by atoms with Crippen molar-refractivity contribution in [2.75, 3.05) is 51.4 Å². The fourth-order valence-electron chi connectivity index (χ4n) is 3.28. The molecule has 1 fully saturated rings. The van der Waals surface area contributed by atoms with Crippen LogP contribution in [0, 0.1) is 0 Å². The molecule has 0 N–H and O–H groups in total. The summed E-state index contributed by atoms with van der Waals surface area (Å²) in [5.74, 6) is 2.56. The van der Waals surface area contributed by atoms with Crippen LogP contribution in [0.3, 0.4) is 0 Å². The molecule has 28 heavy (non-hydrogen) atoms. The molecule has 0 spiro atoms. The van der Waals surface area contributed by atoms with E-state index in [1.807, 2.05) is 54.3 Å². The number of para-hydroxylation sites is 2. The van der Waals surface area contributed by atoms with Crippen LogP contribution in [-0.2, 0) is 4.79 Å². The van der Waals surface area contributed by atoms with E-state index in [0.717, 1.165) is 36.0 Å². The lowest BCUT2D eigenvalue weighted by atomic mass is 10.2. The Bertz CT molecular complexity index is 755. The third-order valence-corrected chi connectivity index (χ3v) is 4.78. The van der Waals surface area contributed by atoms with Gasteiger partial charge >= 0.3 is 0 Å². The Labute approximate surface area is 166 Å². The molecule has 0 saturated carbocycles. The molecule has 0 aromatic heterocycles. The molecular weight excluding hydrogens is 356 g/mol. The van der Waals surface area contributed by atoms with Crippen molar-refractivity contribution >= 4 is 11.6 Å². The highest BCUT2D eigenvalue weighted by atomic mass is 16.5. The number of piperazine rings is 1. The second-order valence-electron chi connectivity index (χ2n) is 6.54. The highest BCUT2D eigenvalue weighted by Gasteiger charge is 2.22. The van der Waals surface area contributed by atoms with E-state index in [2.05, 4.69) is 11.0 Å². The molecule has 0 unspecified atom stereocenters. The van der Waals surface area contributed by atoms with Crippen LogP contribution in [0.15, 0.2) is 48.5 Å². The summed E-state index contributed by atoms with van der Waals surface area (Å²) in [5.41, 5.74) is 1.10. The van der Waals surface area contributed by atoms with Gasteiger partial charge in [-0.05, 0) is 43.3 Å². The monoisotopic (exact) mass is 384 g/mol. The predicted molar refractivity (Wildman–Crippen MR) is 110 cm³/mol. The topological polar surface area (TPSA) is 51.2 Å². The number of hydrogen-bond donors (Lipinski definition) is 0. The highest BCUT2D eigenvalue weighted by Crippen LogP contribution is 2.28. The lowest BCUT2D eigenvalue weighted by Crippen LogP contribution is -2.49. The predicted octanol–water partition coefficient (Wildman–Crippen LogP) is 3.21. The molecule has 6 heteroatoms. The van der Waals surface area contributed by atoms with Crippen LogP contribution in [-0.4, -0.2) is 57.3 Å². The number of carbonyl (C=O) groups is 1. The van der Waals surface area contributed by atoms with Crippen molar-refractivity contribution < 1.29 is 19.0 Å². The highest BCUT2D eigenvalue weighted by molar-refractivity contribution is 5.76. The van der Waals surface area contributed by atoms with Gasteiger partial charge in [0.15, 0.2) is 0 Å². The Kier molecular flexibility index (Phi) is 7.00. The Balaban J connectivity index is 1.44. The molecule has 1 heterocycles. The molecule has 1 amide bonds. The summed E-state index contributed by atoms with van der Waals surface area (Å²) in [7, 11) is 1.63.